The Morgan fingerprint density at radius 1 is 1.47 bits per heavy atom. The molecule has 1 N–H and O–H groups in total. The normalized spacial score (nSPS) is 10.9. The van der Waals surface area contributed by atoms with Crippen molar-refractivity contribution in [3.63, 3.8) is 0 Å². The third kappa shape index (κ3) is 4.04. The summed E-state index contributed by atoms with van der Waals surface area (Å²) in [6.45, 7) is -1.22. The molecule has 0 aliphatic rings. The molecule has 0 amide bonds. The standard InChI is InChI=1S/C8H5ClF3N3/c9-6-1-5(3-13)2-7(15-6)14-4-8(10,11)12/h1-2H,4H2,(H,14,15). The summed E-state index contributed by atoms with van der Waals surface area (Å²) >= 11 is 5.50. The maximum absolute atomic E-state index is 11.8. The first-order chi connectivity index (χ1) is 6.90. The highest BCUT2D eigenvalue weighted by Crippen LogP contribution is 2.18. The Morgan fingerprint density at radius 2 is 2.13 bits per heavy atom. The molecular formula is C8H5ClF3N3. The van der Waals surface area contributed by atoms with Crippen LogP contribution in [0.4, 0.5) is 19.0 Å². The first-order valence-corrected chi connectivity index (χ1v) is 4.17. The summed E-state index contributed by atoms with van der Waals surface area (Å²) in [6, 6.07) is 4.22. The molecule has 7 heteroatoms. The fraction of sp³-hybridized carbons (Fsp3) is 0.250. The molecule has 1 rings (SSSR count). The number of aromatic nitrogens is 1. The van der Waals surface area contributed by atoms with Gasteiger partial charge >= 0.3 is 6.18 Å². The molecule has 1 aromatic heterocycles. The highest BCUT2D eigenvalue weighted by atomic mass is 35.5. The SMILES string of the molecule is N#Cc1cc(Cl)nc(NCC(F)(F)F)c1. The molecule has 0 fully saturated rings. The van der Waals surface area contributed by atoms with Crippen molar-refractivity contribution < 1.29 is 13.2 Å². The molecule has 0 aromatic carbocycles. The zero-order valence-electron chi connectivity index (χ0n) is 7.27. The van der Waals surface area contributed by atoms with Crippen LogP contribution in [0.1, 0.15) is 5.56 Å². The topological polar surface area (TPSA) is 48.7 Å². The van der Waals surface area contributed by atoms with Crippen LogP contribution >= 0.6 is 11.6 Å². The van der Waals surface area contributed by atoms with Gasteiger partial charge in [-0.25, -0.2) is 4.98 Å². The number of alkyl halides is 3. The number of rotatable bonds is 2. The lowest BCUT2D eigenvalue weighted by atomic mass is 10.3. The van der Waals surface area contributed by atoms with E-state index in [2.05, 4.69) is 4.98 Å². The zero-order chi connectivity index (χ0) is 11.5. The monoisotopic (exact) mass is 235 g/mol. The number of anilines is 1. The molecule has 1 heterocycles. The van der Waals surface area contributed by atoms with Crippen molar-refractivity contribution in [3.05, 3.63) is 22.8 Å². The van der Waals surface area contributed by atoms with E-state index in [0.717, 1.165) is 0 Å². The molecule has 80 valence electrons. The number of nitrogens with zero attached hydrogens (tertiary/aromatic N) is 2. The number of nitriles is 1. The van der Waals surface area contributed by atoms with E-state index in [-0.39, 0.29) is 16.5 Å². The summed E-state index contributed by atoms with van der Waals surface area (Å²) < 4.78 is 35.5. The van der Waals surface area contributed by atoms with Crippen molar-refractivity contribution >= 4 is 17.4 Å². The third-order valence-electron chi connectivity index (χ3n) is 1.39. The lowest BCUT2D eigenvalue weighted by Crippen LogP contribution is -2.21. The van der Waals surface area contributed by atoms with Crippen molar-refractivity contribution in [2.75, 3.05) is 11.9 Å². The Balaban J connectivity index is 2.78. The Kier molecular flexibility index (Phi) is 3.37. The zero-order valence-corrected chi connectivity index (χ0v) is 8.02. The summed E-state index contributed by atoms with van der Waals surface area (Å²) in [5.74, 6) is -0.0728. The van der Waals surface area contributed by atoms with Crippen LogP contribution in [0, 0.1) is 11.3 Å². The molecule has 0 aliphatic carbocycles. The van der Waals surface area contributed by atoms with Gasteiger partial charge in [0.2, 0.25) is 0 Å². The number of hydrogen-bond donors (Lipinski definition) is 1. The van der Waals surface area contributed by atoms with E-state index < -0.39 is 12.7 Å². The molecular weight excluding hydrogens is 231 g/mol. The quantitative estimate of drug-likeness (QED) is 0.802. The first-order valence-electron chi connectivity index (χ1n) is 3.79. The minimum atomic E-state index is -4.34. The molecule has 0 bridgehead atoms. The van der Waals surface area contributed by atoms with Gasteiger partial charge in [-0.1, -0.05) is 11.6 Å². The van der Waals surface area contributed by atoms with Crippen molar-refractivity contribution in [2.24, 2.45) is 0 Å². The Hall–Kier alpha value is -1.48. The molecule has 0 radical (unpaired) electrons. The molecule has 0 aliphatic heterocycles. The van der Waals surface area contributed by atoms with E-state index in [9.17, 15) is 13.2 Å². The van der Waals surface area contributed by atoms with Gasteiger partial charge in [0.25, 0.3) is 0 Å². The van der Waals surface area contributed by atoms with E-state index in [1.807, 2.05) is 5.32 Å². The maximum atomic E-state index is 11.8. The number of hydrogen-bond acceptors (Lipinski definition) is 3. The van der Waals surface area contributed by atoms with Crippen LogP contribution in [0.25, 0.3) is 0 Å². The predicted molar refractivity (Wildman–Crippen MR) is 48.5 cm³/mol. The molecule has 0 saturated carbocycles. The van der Waals surface area contributed by atoms with E-state index in [1.165, 1.54) is 12.1 Å². The van der Waals surface area contributed by atoms with Crippen molar-refractivity contribution in [1.29, 1.82) is 5.26 Å². The van der Waals surface area contributed by atoms with Crippen molar-refractivity contribution in [2.45, 2.75) is 6.18 Å². The van der Waals surface area contributed by atoms with Crippen LogP contribution < -0.4 is 5.32 Å². The highest BCUT2D eigenvalue weighted by molar-refractivity contribution is 6.29. The van der Waals surface area contributed by atoms with Crippen LogP contribution in [0.2, 0.25) is 5.15 Å². The molecule has 1 aromatic rings. The van der Waals surface area contributed by atoms with Gasteiger partial charge < -0.3 is 5.32 Å². The van der Waals surface area contributed by atoms with Crippen molar-refractivity contribution in [3.8, 4) is 6.07 Å². The number of halogens is 4. The van der Waals surface area contributed by atoms with Gasteiger partial charge in [0.1, 0.15) is 17.5 Å². The van der Waals surface area contributed by atoms with Crippen LogP contribution in [0.5, 0.6) is 0 Å². The predicted octanol–water partition coefficient (Wildman–Crippen LogP) is 2.58. The Labute approximate surface area is 88.5 Å². The minimum absolute atomic E-state index is 0.0290. The van der Waals surface area contributed by atoms with E-state index in [1.54, 1.807) is 6.07 Å². The molecule has 3 nitrogen and oxygen atoms in total. The van der Waals surface area contributed by atoms with Crippen LogP contribution in [-0.4, -0.2) is 17.7 Å². The molecule has 15 heavy (non-hydrogen) atoms. The third-order valence-corrected chi connectivity index (χ3v) is 1.59. The second-order valence-electron chi connectivity index (χ2n) is 2.64. The fourth-order valence-electron chi connectivity index (χ4n) is 0.843. The second kappa shape index (κ2) is 4.36. The number of pyridine rings is 1. The summed E-state index contributed by atoms with van der Waals surface area (Å²) in [6.07, 6.45) is -4.34. The fourth-order valence-corrected chi connectivity index (χ4v) is 1.05. The van der Waals surface area contributed by atoms with Gasteiger partial charge in [-0.2, -0.15) is 18.4 Å². The summed E-state index contributed by atoms with van der Waals surface area (Å²) in [5, 5.41) is 10.5. The Bertz CT molecular complexity index is 397. The first kappa shape index (κ1) is 11.6. The summed E-state index contributed by atoms with van der Waals surface area (Å²) in [5.41, 5.74) is 0.152. The van der Waals surface area contributed by atoms with Crippen LogP contribution in [-0.2, 0) is 0 Å². The van der Waals surface area contributed by atoms with Crippen LogP contribution in [0.15, 0.2) is 12.1 Å². The molecule has 0 saturated heterocycles. The number of nitrogens with one attached hydrogen (secondary N) is 1. The van der Waals surface area contributed by atoms with Crippen molar-refractivity contribution in [1.82, 2.24) is 4.98 Å². The summed E-state index contributed by atoms with van der Waals surface area (Å²) in [7, 11) is 0. The average molecular weight is 236 g/mol. The molecule has 0 spiro atoms. The van der Waals surface area contributed by atoms with E-state index >= 15 is 0 Å². The van der Waals surface area contributed by atoms with Gasteiger partial charge in [-0.15, -0.1) is 0 Å². The molecule has 0 unspecified atom stereocenters. The van der Waals surface area contributed by atoms with Gasteiger partial charge in [0, 0.05) is 0 Å². The highest BCUT2D eigenvalue weighted by Gasteiger charge is 2.26. The van der Waals surface area contributed by atoms with Crippen LogP contribution in [0.3, 0.4) is 0 Å². The lowest BCUT2D eigenvalue weighted by Gasteiger charge is -2.08. The maximum Gasteiger partial charge on any atom is 0.405 e. The molecule has 0 atom stereocenters. The minimum Gasteiger partial charge on any atom is -0.361 e. The summed E-state index contributed by atoms with van der Waals surface area (Å²) in [4.78, 5) is 3.59. The van der Waals surface area contributed by atoms with E-state index in [0.29, 0.717) is 0 Å². The largest absolute Gasteiger partial charge is 0.405 e. The Morgan fingerprint density at radius 3 is 2.67 bits per heavy atom. The van der Waals surface area contributed by atoms with Gasteiger partial charge in [-0.3, -0.25) is 0 Å². The van der Waals surface area contributed by atoms with Gasteiger partial charge in [0.05, 0.1) is 11.6 Å². The second-order valence-corrected chi connectivity index (χ2v) is 3.03. The average Bonchev–Trinajstić information content (AvgIpc) is 2.13. The van der Waals surface area contributed by atoms with E-state index in [4.69, 9.17) is 16.9 Å². The van der Waals surface area contributed by atoms with Gasteiger partial charge in [0.15, 0.2) is 0 Å². The lowest BCUT2D eigenvalue weighted by molar-refractivity contribution is -0.115. The smallest absolute Gasteiger partial charge is 0.361 e. The van der Waals surface area contributed by atoms with Gasteiger partial charge in [-0.05, 0) is 12.1 Å².